The minimum Gasteiger partial charge on any atom is -0.480 e. The number of nitrogens with zero attached hydrogens (tertiary/aromatic N) is 2. The number of terminal acetylenes is 1. The Kier molecular flexibility index (Phi) is 4.98. The molecule has 1 aliphatic rings. The molecule has 2 amide bonds. The number of carboxylic acid groups (broad SMARTS) is 1. The van der Waals surface area contributed by atoms with Gasteiger partial charge in [-0.1, -0.05) is 5.92 Å². The third-order valence-corrected chi connectivity index (χ3v) is 3.06. The van der Waals surface area contributed by atoms with E-state index in [1.165, 1.54) is 4.90 Å². The maximum Gasteiger partial charge on any atom is 0.323 e. The summed E-state index contributed by atoms with van der Waals surface area (Å²) in [5.74, 6) is 1.23. The Hall–Kier alpha value is -1.74. The highest BCUT2D eigenvalue weighted by molar-refractivity contribution is 5.80. The molecule has 0 aromatic heterocycles. The first-order chi connectivity index (χ1) is 8.45. The van der Waals surface area contributed by atoms with Crippen molar-refractivity contribution in [3.05, 3.63) is 0 Å². The maximum atomic E-state index is 12.1. The standard InChI is InChI=1S/C12H18N2O4/c1-3-5-13(8-11(16)17)12(18)14-6-4-10(7-14)9(2)15/h1,9-10,15H,4-8H2,2H3,(H,16,17). The van der Waals surface area contributed by atoms with Crippen molar-refractivity contribution in [1.29, 1.82) is 0 Å². The number of aliphatic hydroxyl groups is 1. The quantitative estimate of drug-likeness (QED) is 0.682. The Balaban J connectivity index is 2.62. The minimum atomic E-state index is -1.09. The summed E-state index contributed by atoms with van der Waals surface area (Å²) in [6.07, 6.45) is 5.38. The molecule has 18 heavy (non-hydrogen) atoms. The van der Waals surface area contributed by atoms with E-state index in [4.69, 9.17) is 11.5 Å². The molecule has 2 N–H and O–H groups in total. The fourth-order valence-electron chi connectivity index (χ4n) is 2.02. The van der Waals surface area contributed by atoms with Crippen LogP contribution in [0.15, 0.2) is 0 Å². The van der Waals surface area contributed by atoms with Gasteiger partial charge in [-0.25, -0.2) is 4.79 Å². The molecule has 6 heteroatoms. The van der Waals surface area contributed by atoms with Gasteiger partial charge in [-0.15, -0.1) is 6.42 Å². The summed E-state index contributed by atoms with van der Waals surface area (Å²) in [4.78, 5) is 25.4. The average Bonchev–Trinajstić information content (AvgIpc) is 2.76. The topological polar surface area (TPSA) is 81.1 Å². The first kappa shape index (κ1) is 14.3. The molecular formula is C12H18N2O4. The summed E-state index contributed by atoms with van der Waals surface area (Å²) in [7, 11) is 0. The summed E-state index contributed by atoms with van der Waals surface area (Å²) in [6, 6.07) is -0.376. The molecule has 1 heterocycles. The predicted molar refractivity (Wildman–Crippen MR) is 64.8 cm³/mol. The van der Waals surface area contributed by atoms with Crippen molar-refractivity contribution in [2.24, 2.45) is 5.92 Å². The zero-order valence-corrected chi connectivity index (χ0v) is 10.4. The molecule has 0 radical (unpaired) electrons. The monoisotopic (exact) mass is 254 g/mol. The van der Waals surface area contributed by atoms with Crippen molar-refractivity contribution in [2.45, 2.75) is 19.4 Å². The number of carboxylic acids is 1. The van der Waals surface area contributed by atoms with E-state index in [0.29, 0.717) is 13.1 Å². The molecule has 6 nitrogen and oxygen atoms in total. The fourth-order valence-corrected chi connectivity index (χ4v) is 2.02. The number of aliphatic carboxylic acids is 1. The summed E-state index contributed by atoms with van der Waals surface area (Å²) in [5.41, 5.74) is 0. The van der Waals surface area contributed by atoms with E-state index in [9.17, 15) is 14.7 Å². The molecule has 0 aromatic carbocycles. The second-order valence-corrected chi connectivity index (χ2v) is 4.47. The van der Waals surface area contributed by atoms with Crippen LogP contribution in [0.3, 0.4) is 0 Å². The Labute approximate surface area is 106 Å². The predicted octanol–water partition coefficient (Wildman–Crippen LogP) is -0.171. The van der Waals surface area contributed by atoms with Crippen molar-refractivity contribution in [3.63, 3.8) is 0 Å². The lowest BCUT2D eigenvalue weighted by molar-refractivity contribution is -0.137. The summed E-state index contributed by atoms with van der Waals surface area (Å²) in [6.45, 7) is 2.22. The highest BCUT2D eigenvalue weighted by Crippen LogP contribution is 2.20. The highest BCUT2D eigenvalue weighted by atomic mass is 16.4. The Bertz CT molecular complexity index is 362. The fraction of sp³-hybridized carbons (Fsp3) is 0.667. The van der Waals surface area contributed by atoms with Crippen LogP contribution in [0.25, 0.3) is 0 Å². The number of carbonyl (C=O) groups is 2. The van der Waals surface area contributed by atoms with Gasteiger partial charge in [-0.3, -0.25) is 4.79 Å². The zero-order valence-electron chi connectivity index (χ0n) is 10.4. The van der Waals surface area contributed by atoms with Crippen LogP contribution in [0.1, 0.15) is 13.3 Å². The van der Waals surface area contributed by atoms with Gasteiger partial charge in [-0.2, -0.15) is 0 Å². The number of likely N-dealkylation sites (tertiary alicyclic amines) is 1. The van der Waals surface area contributed by atoms with Crippen LogP contribution in [0, 0.1) is 18.3 Å². The number of aliphatic hydroxyl groups excluding tert-OH is 1. The van der Waals surface area contributed by atoms with Gasteiger partial charge >= 0.3 is 12.0 Å². The zero-order chi connectivity index (χ0) is 13.7. The lowest BCUT2D eigenvalue weighted by Crippen LogP contribution is -2.44. The van der Waals surface area contributed by atoms with E-state index in [0.717, 1.165) is 11.3 Å². The first-order valence-electron chi connectivity index (χ1n) is 5.83. The molecule has 1 aliphatic heterocycles. The van der Waals surface area contributed by atoms with Gasteiger partial charge in [0.2, 0.25) is 0 Å². The van der Waals surface area contributed by atoms with Crippen LogP contribution in [0.5, 0.6) is 0 Å². The van der Waals surface area contributed by atoms with Crippen molar-refractivity contribution < 1.29 is 19.8 Å². The van der Waals surface area contributed by atoms with E-state index in [-0.39, 0.29) is 18.5 Å². The van der Waals surface area contributed by atoms with Gasteiger partial charge < -0.3 is 20.0 Å². The summed E-state index contributed by atoms with van der Waals surface area (Å²) < 4.78 is 0. The van der Waals surface area contributed by atoms with Crippen molar-refractivity contribution in [2.75, 3.05) is 26.2 Å². The van der Waals surface area contributed by atoms with Gasteiger partial charge in [0.15, 0.2) is 0 Å². The van der Waals surface area contributed by atoms with Crippen molar-refractivity contribution in [3.8, 4) is 12.3 Å². The highest BCUT2D eigenvalue weighted by Gasteiger charge is 2.31. The Morgan fingerprint density at radius 3 is 2.72 bits per heavy atom. The van der Waals surface area contributed by atoms with E-state index in [1.807, 2.05) is 0 Å². The molecule has 0 aromatic rings. The van der Waals surface area contributed by atoms with Gasteiger partial charge in [0.1, 0.15) is 6.54 Å². The number of hydrogen-bond donors (Lipinski definition) is 2. The summed E-state index contributed by atoms with van der Waals surface area (Å²) >= 11 is 0. The maximum absolute atomic E-state index is 12.1. The first-order valence-corrected chi connectivity index (χ1v) is 5.83. The van der Waals surface area contributed by atoms with E-state index >= 15 is 0 Å². The number of amides is 2. The van der Waals surface area contributed by atoms with Crippen molar-refractivity contribution >= 4 is 12.0 Å². The van der Waals surface area contributed by atoms with Crippen LogP contribution in [-0.4, -0.2) is 64.3 Å². The normalized spacial score (nSPS) is 20.3. The lowest BCUT2D eigenvalue weighted by atomic mass is 10.0. The lowest BCUT2D eigenvalue weighted by Gasteiger charge is -2.25. The van der Waals surface area contributed by atoms with Crippen LogP contribution < -0.4 is 0 Å². The van der Waals surface area contributed by atoms with E-state index in [1.54, 1.807) is 6.92 Å². The number of carbonyl (C=O) groups excluding carboxylic acids is 1. The number of hydrogen-bond acceptors (Lipinski definition) is 3. The molecule has 0 bridgehead atoms. The third kappa shape index (κ3) is 3.64. The average molecular weight is 254 g/mol. The largest absolute Gasteiger partial charge is 0.480 e. The second-order valence-electron chi connectivity index (χ2n) is 4.47. The Morgan fingerprint density at radius 2 is 2.28 bits per heavy atom. The van der Waals surface area contributed by atoms with Gasteiger partial charge in [0, 0.05) is 19.0 Å². The molecule has 0 saturated carbocycles. The van der Waals surface area contributed by atoms with Gasteiger partial charge in [0.25, 0.3) is 0 Å². The molecule has 2 atom stereocenters. The molecular weight excluding hydrogens is 236 g/mol. The molecule has 0 aliphatic carbocycles. The second kappa shape index (κ2) is 6.26. The Morgan fingerprint density at radius 1 is 1.61 bits per heavy atom. The number of rotatable bonds is 4. The molecule has 1 rings (SSSR count). The van der Waals surface area contributed by atoms with Crippen LogP contribution in [0.4, 0.5) is 4.79 Å². The molecule has 100 valence electrons. The molecule has 1 fully saturated rings. The van der Waals surface area contributed by atoms with E-state index < -0.39 is 18.6 Å². The van der Waals surface area contributed by atoms with Crippen molar-refractivity contribution in [1.82, 2.24) is 9.80 Å². The SMILES string of the molecule is C#CCN(CC(=O)O)C(=O)N1CCC(C(C)O)C1. The summed E-state index contributed by atoms with van der Waals surface area (Å²) in [5, 5.41) is 18.2. The molecule has 2 unspecified atom stereocenters. The minimum absolute atomic E-state index is 0.0268. The molecule has 1 saturated heterocycles. The number of urea groups is 1. The van der Waals surface area contributed by atoms with Crippen LogP contribution >= 0.6 is 0 Å². The molecule has 0 spiro atoms. The van der Waals surface area contributed by atoms with Crippen LogP contribution in [0.2, 0.25) is 0 Å². The van der Waals surface area contributed by atoms with Gasteiger partial charge in [0.05, 0.1) is 12.6 Å². The van der Waals surface area contributed by atoms with E-state index in [2.05, 4.69) is 5.92 Å². The third-order valence-electron chi connectivity index (χ3n) is 3.06. The van der Waals surface area contributed by atoms with Crippen LogP contribution in [-0.2, 0) is 4.79 Å². The smallest absolute Gasteiger partial charge is 0.323 e. The van der Waals surface area contributed by atoms with Gasteiger partial charge in [-0.05, 0) is 13.3 Å².